The number of amides is 1. The van der Waals surface area contributed by atoms with Crippen LogP contribution in [0.5, 0.6) is 0 Å². The molecular weight excluding hydrogens is 237 g/mol. The van der Waals surface area contributed by atoms with Gasteiger partial charge in [-0.05, 0) is 12.1 Å². The first kappa shape index (κ1) is 11.4. The predicted molar refractivity (Wildman–Crippen MR) is 51.8 cm³/mol. The van der Waals surface area contributed by atoms with Crippen molar-refractivity contribution in [2.45, 2.75) is 6.18 Å². The van der Waals surface area contributed by atoms with Crippen LogP contribution in [0.15, 0.2) is 24.5 Å². The lowest BCUT2D eigenvalue weighted by molar-refractivity contribution is -0.137. The summed E-state index contributed by atoms with van der Waals surface area (Å²) in [5, 5.41) is 0. The molecule has 2 rings (SSSR count). The van der Waals surface area contributed by atoms with Gasteiger partial charge < -0.3 is 4.40 Å². The van der Waals surface area contributed by atoms with Crippen molar-refractivity contribution in [1.82, 2.24) is 14.8 Å². The average Bonchev–Trinajstić information content (AvgIpc) is 2.69. The maximum atomic E-state index is 12.4. The summed E-state index contributed by atoms with van der Waals surface area (Å²) >= 11 is 0. The fourth-order valence-electron chi connectivity index (χ4n) is 1.34. The first-order valence-corrected chi connectivity index (χ1v) is 4.48. The number of hydrogen-bond acceptors (Lipinski definition) is 3. The maximum Gasteiger partial charge on any atom is 0.417 e. The van der Waals surface area contributed by atoms with Crippen molar-refractivity contribution in [2.24, 2.45) is 5.84 Å². The molecule has 0 saturated carbocycles. The Bertz CT molecular complexity index is 575. The van der Waals surface area contributed by atoms with Crippen molar-refractivity contribution in [3.05, 3.63) is 35.8 Å². The van der Waals surface area contributed by atoms with Crippen LogP contribution in [0, 0.1) is 0 Å². The number of nitrogens with one attached hydrogen (secondary N) is 1. The number of halogens is 3. The molecule has 0 bridgehead atoms. The summed E-state index contributed by atoms with van der Waals surface area (Å²) in [4.78, 5) is 14.9. The van der Waals surface area contributed by atoms with Gasteiger partial charge in [0.25, 0.3) is 5.91 Å². The summed E-state index contributed by atoms with van der Waals surface area (Å²) in [6.45, 7) is 0. The van der Waals surface area contributed by atoms with Crippen molar-refractivity contribution in [2.75, 3.05) is 0 Å². The quantitative estimate of drug-likeness (QED) is 0.445. The van der Waals surface area contributed by atoms with Crippen LogP contribution >= 0.6 is 0 Å². The van der Waals surface area contributed by atoms with E-state index in [9.17, 15) is 18.0 Å². The molecule has 0 aliphatic rings. The summed E-state index contributed by atoms with van der Waals surface area (Å²) in [7, 11) is 0. The van der Waals surface area contributed by atoms with Crippen molar-refractivity contribution in [1.29, 1.82) is 0 Å². The molecule has 2 heterocycles. The van der Waals surface area contributed by atoms with Gasteiger partial charge in [0.15, 0.2) is 0 Å². The summed E-state index contributed by atoms with van der Waals surface area (Å²) in [6, 6.07) is 2.07. The molecule has 0 aliphatic carbocycles. The highest BCUT2D eigenvalue weighted by Crippen LogP contribution is 2.29. The van der Waals surface area contributed by atoms with Gasteiger partial charge in [-0.15, -0.1) is 0 Å². The van der Waals surface area contributed by atoms with Crippen LogP contribution in [0.2, 0.25) is 0 Å². The second-order valence-corrected chi connectivity index (χ2v) is 3.28. The third kappa shape index (κ3) is 2.07. The number of pyridine rings is 1. The van der Waals surface area contributed by atoms with E-state index in [0.717, 1.165) is 16.7 Å². The van der Waals surface area contributed by atoms with E-state index < -0.39 is 17.6 Å². The number of nitrogens with zero attached hydrogens (tertiary/aromatic N) is 2. The van der Waals surface area contributed by atoms with Gasteiger partial charge in [0, 0.05) is 12.4 Å². The van der Waals surface area contributed by atoms with Crippen molar-refractivity contribution >= 4 is 11.6 Å². The van der Waals surface area contributed by atoms with E-state index in [0.29, 0.717) is 0 Å². The second kappa shape index (κ2) is 3.74. The number of carbonyl (C=O) groups is 1. The Hall–Kier alpha value is -2.09. The fourth-order valence-corrected chi connectivity index (χ4v) is 1.34. The molecule has 0 radical (unpaired) electrons. The molecule has 1 amide bonds. The Morgan fingerprint density at radius 1 is 1.35 bits per heavy atom. The largest absolute Gasteiger partial charge is 0.417 e. The standard InChI is InChI=1S/C9H7F3N4O/c10-9(11,12)5-1-2-7-14-6(8(17)15-13)4-16(7)3-5/h1-4H,13H2,(H,15,17). The first-order valence-electron chi connectivity index (χ1n) is 4.48. The zero-order chi connectivity index (χ0) is 12.6. The van der Waals surface area contributed by atoms with Gasteiger partial charge in [-0.1, -0.05) is 0 Å². The molecular formula is C9H7F3N4O. The van der Waals surface area contributed by atoms with E-state index in [2.05, 4.69) is 4.98 Å². The molecule has 2 aromatic heterocycles. The van der Waals surface area contributed by atoms with E-state index >= 15 is 0 Å². The average molecular weight is 244 g/mol. The monoisotopic (exact) mass is 244 g/mol. The number of nitrogen functional groups attached to an aromatic ring is 1. The highest BCUT2D eigenvalue weighted by atomic mass is 19.4. The molecule has 0 aromatic carbocycles. The van der Waals surface area contributed by atoms with Crippen LogP contribution in [0.25, 0.3) is 5.65 Å². The molecule has 17 heavy (non-hydrogen) atoms. The molecule has 5 nitrogen and oxygen atoms in total. The molecule has 2 aromatic rings. The Labute approximate surface area is 93.0 Å². The van der Waals surface area contributed by atoms with Crippen LogP contribution in [-0.4, -0.2) is 15.3 Å². The van der Waals surface area contributed by atoms with Crippen LogP contribution in [0.1, 0.15) is 16.1 Å². The van der Waals surface area contributed by atoms with Gasteiger partial charge in [-0.3, -0.25) is 10.2 Å². The van der Waals surface area contributed by atoms with Gasteiger partial charge in [0.2, 0.25) is 0 Å². The molecule has 8 heteroatoms. The number of aromatic nitrogens is 2. The van der Waals surface area contributed by atoms with E-state index in [1.807, 2.05) is 5.43 Å². The zero-order valence-electron chi connectivity index (χ0n) is 8.32. The normalized spacial score (nSPS) is 11.8. The molecule has 0 spiro atoms. The summed E-state index contributed by atoms with van der Waals surface area (Å²) in [5.74, 6) is 4.23. The number of hydrogen-bond donors (Lipinski definition) is 2. The number of fused-ring (bicyclic) bond motifs is 1. The third-order valence-corrected chi connectivity index (χ3v) is 2.14. The number of rotatable bonds is 1. The predicted octanol–water partition coefficient (Wildman–Crippen LogP) is 0.957. The van der Waals surface area contributed by atoms with Crippen molar-refractivity contribution < 1.29 is 18.0 Å². The summed E-state index contributed by atoms with van der Waals surface area (Å²) in [6.07, 6.45) is -2.41. The minimum Gasteiger partial charge on any atom is -0.306 e. The van der Waals surface area contributed by atoms with Gasteiger partial charge in [0.1, 0.15) is 11.3 Å². The van der Waals surface area contributed by atoms with Crippen LogP contribution in [-0.2, 0) is 6.18 Å². The zero-order valence-corrected chi connectivity index (χ0v) is 8.32. The lowest BCUT2D eigenvalue weighted by atomic mass is 10.3. The molecule has 0 saturated heterocycles. The Kier molecular flexibility index (Phi) is 2.50. The van der Waals surface area contributed by atoms with Crippen LogP contribution in [0.4, 0.5) is 13.2 Å². The Balaban J connectivity index is 2.52. The van der Waals surface area contributed by atoms with Gasteiger partial charge in [-0.25, -0.2) is 10.8 Å². The molecule has 0 aliphatic heterocycles. The minimum absolute atomic E-state index is 0.0492. The fraction of sp³-hybridized carbons (Fsp3) is 0.111. The number of alkyl halides is 3. The van der Waals surface area contributed by atoms with Gasteiger partial charge >= 0.3 is 6.18 Å². The number of imidazole rings is 1. The summed E-state index contributed by atoms with van der Waals surface area (Å²) < 4.78 is 38.4. The number of hydrazine groups is 1. The minimum atomic E-state index is -4.44. The molecule has 3 N–H and O–H groups in total. The highest BCUT2D eigenvalue weighted by Gasteiger charge is 2.30. The number of carbonyl (C=O) groups excluding carboxylic acids is 1. The lowest BCUT2D eigenvalue weighted by Crippen LogP contribution is -2.30. The van der Waals surface area contributed by atoms with E-state index in [-0.39, 0.29) is 11.3 Å². The van der Waals surface area contributed by atoms with E-state index in [4.69, 9.17) is 5.84 Å². The van der Waals surface area contributed by atoms with Gasteiger partial charge in [0.05, 0.1) is 5.56 Å². The molecule has 90 valence electrons. The topological polar surface area (TPSA) is 72.4 Å². The molecule has 0 fully saturated rings. The lowest BCUT2D eigenvalue weighted by Gasteiger charge is -2.05. The van der Waals surface area contributed by atoms with Crippen molar-refractivity contribution in [3.63, 3.8) is 0 Å². The summed E-state index contributed by atoms with van der Waals surface area (Å²) in [5.41, 5.74) is 1.22. The molecule has 0 unspecified atom stereocenters. The highest BCUT2D eigenvalue weighted by molar-refractivity contribution is 5.92. The SMILES string of the molecule is NNC(=O)c1cn2cc(C(F)(F)F)ccc2n1. The Morgan fingerprint density at radius 3 is 2.65 bits per heavy atom. The van der Waals surface area contributed by atoms with Crippen LogP contribution < -0.4 is 11.3 Å². The number of nitrogens with two attached hydrogens (primary N) is 1. The maximum absolute atomic E-state index is 12.4. The van der Waals surface area contributed by atoms with Crippen LogP contribution in [0.3, 0.4) is 0 Å². The first-order chi connectivity index (χ1) is 7.91. The van der Waals surface area contributed by atoms with E-state index in [1.165, 1.54) is 12.3 Å². The van der Waals surface area contributed by atoms with Gasteiger partial charge in [-0.2, -0.15) is 13.2 Å². The molecule has 0 atom stereocenters. The smallest absolute Gasteiger partial charge is 0.306 e. The third-order valence-electron chi connectivity index (χ3n) is 2.14. The second-order valence-electron chi connectivity index (χ2n) is 3.28. The van der Waals surface area contributed by atoms with Crippen molar-refractivity contribution in [3.8, 4) is 0 Å². The van der Waals surface area contributed by atoms with E-state index in [1.54, 1.807) is 0 Å². The Morgan fingerprint density at radius 2 is 2.06 bits per heavy atom.